The number of benzene rings is 1. The van der Waals surface area contributed by atoms with Gasteiger partial charge in [-0.3, -0.25) is 0 Å². The predicted molar refractivity (Wildman–Crippen MR) is 86.0 cm³/mol. The average molecular weight is 349 g/mol. The van der Waals surface area contributed by atoms with Crippen LogP contribution in [0.1, 0.15) is 11.1 Å². The van der Waals surface area contributed by atoms with Crippen LogP contribution < -0.4 is 5.73 Å². The lowest BCUT2D eigenvalue weighted by Crippen LogP contribution is -1.94. The number of fused-ring (bicyclic) bond motifs is 1. The molecule has 0 aliphatic heterocycles. The number of nitrogen functional groups attached to an aromatic ring is 1. The first-order valence-corrected chi connectivity index (χ1v) is 7.70. The van der Waals surface area contributed by atoms with Crippen molar-refractivity contribution in [1.82, 2.24) is 15.0 Å². The summed E-state index contributed by atoms with van der Waals surface area (Å²) in [6, 6.07) is 6.16. The number of H-pyrrole nitrogens is 1. The molecule has 2 aromatic heterocycles. The van der Waals surface area contributed by atoms with Crippen molar-refractivity contribution in [2.24, 2.45) is 0 Å². The van der Waals surface area contributed by atoms with Crippen LogP contribution in [-0.4, -0.2) is 15.0 Å². The van der Waals surface area contributed by atoms with E-state index in [2.05, 4.69) is 49.9 Å². The van der Waals surface area contributed by atoms with Gasteiger partial charge in [-0.1, -0.05) is 6.07 Å². The van der Waals surface area contributed by atoms with Crippen LogP contribution in [-0.2, 0) is 0 Å². The first kappa shape index (κ1) is 13.5. The second kappa shape index (κ2) is 5.10. The lowest BCUT2D eigenvalue weighted by atomic mass is 10.2. The Morgan fingerprint density at radius 2 is 2.10 bits per heavy atom. The van der Waals surface area contributed by atoms with Crippen molar-refractivity contribution >= 4 is 44.4 Å². The number of rotatable bonds is 2. The number of nitrogens with two attached hydrogens (primary N) is 1. The molecule has 6 heteroatoms. The smallest absolute Gasteiger partial charge is 0.172 e. The van der Waals surface area contributed by atoms with Crippen molar-refractivity contribution in [1.29, 1.82) is 0 Å². The average Bonchev–Trinajstić information content (AvgIpc) is 2.81. The third-order valence-corrected chi connectivity index (χ3v) is 5.20. The quantitative estimate of drug-likeness (QED) is 0.732. The van der Waals surface area contributed by atoms with Crippen LogP contribution in [0.15, 0.2) is 39.1 Å². The molecule has 0 unspecified atom stereocenters. The van der Waals surface area contributed by atoms with Gasteiger partial charge in [0.2, 0.25) is 0 Å². The summed E-state index contributed by atoms with van der Waals surface area (Å²) in [6.07, 6.45) is 1.68. The van der Waals surface area contributed by atoms with E-state index in [-0.39, 0.29) is 0 Å². The molecule has 102 valence electrons. The Kier molecular flexibility index (Phi) is 3.43. The zero-order valence-electron chi connectivity index (χ0n) is 11.1. The van der Waals surface area contributed by atoms with E-state index < -0.39 is 0 Å². The molecule has 0 spiro atoms. The molecule has 0 amide bonds. The molecule has 0 saturated heterocycles. The summed E-state index contributed by atoms with van der Waals surface area (Å²) < 4.78 is 0.916. The number of hydrogen-bond donors (Lipinski definition) is 2. The van der Waals surface area contributed by atoms with E-state index in [9.17, 15) is 0 Å². The van der Waals surface area contributed by atoms with Gasteiger partial charge in [0.15, 0.2) is 5.16 Å². The largest absolute Gasteiger partial charge is 0.397 e. The van der Waals surface area contributed by atoms with Crippen molar-refractivity contribution in [2.75, 3.05) is 5.73 Å². The predicted octanol–water partition coefficient (Wildman–Crippen LogP) is 4.07. The van der Waals surface area contributed by atoms with Crippen LogP contribution in [0.4, 0.5) is 5.69 Å². The standard InChI is InChI=1S/C14H13BrN4S/c1-7-3-4-10-11(5-7)19-14(18-10)20-13-12(15)8(2)9(16)6-17-13/h3-6H,16H2,1-2H3,(H,18,19). The van der Waals surface area contributed by atoms with Crippen LogP contribution in [0.3, 0.4) is 0 Å². The molecule has 0 aliphatic carbocycles. The lowest BCUT2D eigenvalue weighted by Gasteiger charge is -2.06. The number of aromatic nitrogens is 3. The van der Waals surface area contributed by atoms with Crippen molar-refractivity contribution < 1.29 is 0 Å². The molecule has 2 heterocycles. The Morgan fingerprint density at radius 3 is 2.90 bits per heavy atom. The summed E-state index contributed by atoms with van der Waals surface area (Å²) in [5, 5.41) is 1.68. The van der Waals surface area contributed by atoms with E-state index in [1.54, 1.807) is 6.20 Å². The summed E-state index contributed by atoms with van der Waals surface area (Å²) >= 11 is 5.03. The number of nitrogens with one attached hydrogen (secondary N) is 1. The van der Waals surface area contributed by atoms with Crippen LogP contribution in [0.25, 0.3) is 11.0 Å². The first-order chi connectivity index (χ1) is 9.54. The number of halogens is 1. The summed E-state index contributed by atoms with van der Waals surface area (Å²) in [5.41, 5.74) is 10.7. The van der Waals surface area contributed by atoms with Gasteiger partial charge in [0, 0.05) is 0 Å². The van der Waals surface area contributed by atoms with Gasteiger partial charge in [0.05, 0.1) is 27.4 Å². The molecule has 0 saturated carbocycles. The molecule has 0 atom stereocenters. The first-order valence-electron chi connectivity index (χ1n) is 6.09. The molecule has 0 bridgehead atoms. The van der Waals surface area contributed by atoms with E-state index in [4.69, 9.17) is 5.73 Å². The topological polar surface area (TPSA) is 67.6 Å². The van der Waals surface area contributed by atoms with Gasteiger partial charge in [-0.05, 0) is 64.8 Å². The molecule has 3 aromatic rings. The van der Waals surface area contributed by atoms with E-state index >= 15 is 0 Å². The highest BCUT2D eigenvalue weighted by Crippen LogP contribution is 2.34. The molecule has 0 radical (unpaired) electrons. The van der Waals surface area contributed by atoms with E-state index in [0.29, 0.717) is 5.69 Å². The second-order valence-corrected chi connectivity index (χ2v) is 6.39. The van der Waals surface area contributed by atoms with Crippen molar-refractivity contribution in [3.63, 3.8) is 0 Å². The molecule has 20 heavy (non-hydrogen) atoms. The molecule has 4 nitrogen and oxygen atoms in total. The number of imidazole rings is 1. The summed E-state index contributed by atoms with van der Waals surface area (Å²) in [7, 11) is 0. The van der Waals surface area contributed by atoms with Gasteiger partial charge in [-0.25, -0.2) is 9.97 Å². The number of aryl methyl sites for hydroxylation is 1. The van der Waals surface area contributed by atoms with Gasteiger partial charge in [-0.15, -0.1) is 0 Å². The van der Waals surface area contributed by atoms with E-state index in [0.717, 1.165) is 31.3 Å². The number of hydrogen-bond acceptors (Lipinski definition) is 4. The van der Waals surface area contributed by atoms with E-state index in [1.165, 1.54) is 17.3 Å². The fourth-order valence-corrected chi connectivity index (χ4v) is 3.29. The molecule has 3 N–H and O–H groups in total. The number of aromatic amines is 1. The summed E-state index contributed by atoms with van der Waals surface area (Å²) in [6.45, 7) is 4.03. The summed E-state index contributed by atoms with van der Waals surface area (Å²) in [4.78, 5) is 12.2. The Bertz CT molecular complexity index is 797. The number of anilines is 1. The van der Waals surface area contributed by atoms with Gasteiger partial charge in [0.1, 0.15) is 5.03 Å². The third kappa shape index (κ3) is 2.41. The lowest BCUT2D eigenvalue weighted by molar-refractivity contribution is 1.04. The maximum atomic E-state index is 5.84. The molecule has 3 rings (SSSR count). The van der Waals surface area contributed by atoms with Gasteiger partial charge in [-0.2, -0.15) is 0 Å². The minimum atomic E-state index is 0.682. The van der Waals surface area contributed by atoms with Crippen LogP contribution >= 0.6 is 27.7 Å². The Morgan fingerprint density at radius 1 is 1.30 bits per heavy atom. The highest BCUT2D eigenvalue weighted by molar-refractivity contribution is 9.10. The molecular formula is C14H13BrN4S. The van der Waals surface area contributed by atoms with Crippen molar-refractivity contribution in [2.45, 2.75) is 24.0 Å². The normalized spacial score (nSPS) is 11.2. The second-order valence-electron chi connectivity index (χ2n) is 4.62. The Balaban J connectivity index is 1.99. The monoisotopic (exact) mass is 348 g/mol. The molecular weight excluding hydrogens is 336 g/mol. The third-order valence-electron chi connectivity index (χ3n) is 3.08. The minimum absolute atomic E-state index is 0.682. The van der Waals surface area contributed by atoms with E-state index in [1.807, 2.05) is 13.0 Å². The maximum Gasteiger partial charge on any atom is 0.172 e. The number of nitrogens with zero attached hydrogens (tertiary/aromatic N) is 2. The molecule has 0 aliphatic rings. The van der Waals surface area contributed by atoms with Crippen molar-refractivity contribution in [3.8, 4) is 0 Å². The van der Waals surface area contributed by atoms with Crippen LogP contribution in [0.5, 0.6) is 0 Å². The highest BCUT2D eigenvalue weighted by atomic mass is 79.9. The Labute approximate surface area is 129 Å². The minimum Gasteiger partial charge on any atom is -0.397 e. The van der Waals surface area contributed by atoms with Gasteiger partial charge < -0.3 is 10.7 Å². The molecule has 1 aromatic carbocycles. The zero-order valence-corrected chi connectivity index (χ0v) is 13.5. The zero-order chi connectivity index (χ0) is 14.3. The SMILES string of the molecule is Cc1ccc2nc(Sc3ncc(N)c(C)c3Br)[nH]c2c1. The molecule has 0 fully saturated rings. The Hall–Kier alpha value is -1.53. The van der Waals surface area contributed by atoms with Gasteiger partial charge in [0.25, 0.3) is 0 Å². The van der Waals surface area contributed by atoms with Gasteiger partial charge >= 0.3 is 0 Å². The highest BCUT2D eigenvalue weighted by Gasteiger charge is 2.11. The maximum absolute atomic E-state index is 5.84. The van der Waals surface area contributed by atoms with Crippen LogP contribution in [0, 0.1) is 13.8 Å². The fourth-order valence-electron chi connectivity index (χ4n) is 1.88. The fraction of sp³-hybridized carbons (Fsp3) is 0.143. The number of pyridine rings is 1. The van der Waals surface area contributed by atoms with Crippen LogP contribution in [0.2, 0.25) is 0 Å². The summed E-state index contributed by atoms with van der Waals surface area (Å²) in [5.74, 6) is 0. The van der Waals surface area contributed by atoms with Crippen molar-refractivity contribution in [3.05, 3.63) is 40.0 Å².